The number of amides is 1. The van der Waals surface area contributed by atoms with Crippen LogP contribution in [0.4, 0.5) is 0 Å². The highest BCUT2D eigenvalue weighted by Crippen LogP contribution is 2.37. The summed E-state index contributed by atoms with van der Waals surface area (Å²) in [6.45, 7) is 2.85. The van der Waals surface area contributed by atoms with Gasteiger partial charge >= 0.3 is 0 Å². The summed E-state index contributed by atoms with van der Waals surface area (Å²) in [5, 5.41) is 11.9. The van der Waals surface area contributed by atoms with E-state index in [2.05, 4.69) is 5.16 Å². The zero-order valence-corrected chi connectivity index (χ0v) is 11.7. The minimum Gasteiger partial charge on any atom is -0.409 e. The Labute approximate surface area is 114 Å². The van der Waals surface area contributed by atoms with Crippen molar-refractivity contribution in [2.45, 2.75) is 57.9 Å². The summed E-state index contributed by atoms with van der Waals surface area (Å²) < 4.78 is 0. The highest BCUT2D eigenvalue weighted by atomic mass is 16.4. The molecule has 1 saturated carbocycles. The van der Waals surface area contributed by atoms with Gasteiger partial charge in [0.05, 0.1) is 5.92 Å². The summed E-state index contributed by atoms with van der Waals surface area (Å²) in [7, 11) is 0. The second kappa shape index (κ2) is 6.26. The summed E-state index contributed by atoms with van der Waals surface area (Å²) in [5.74, 6) is 0.349. The third-order valence-electron chi connectivity index (χ3n) is 4.62. The molecular weight excluding hydrogens is 242 g/mol. The first-order valence-corrected chi connectivity index (χ1v) is 7.47. The molecule has 2 rings (SSSR count). The number of hydrogen-bond acceptors (Lipinski definition) is 3. The molecule has 5 heteroatoms. The second-order valence-electron chi connectivity index (χ2n) is 5.80. The lowest BCUT2D eigenvalue weighted by Crippen LogP contribution is -2.50. The van der Waals surface area contributed by atoms with E-state index in [0.29, 0.717) is 18.4 Å². The summed E-state index contributed by atoms with van der Waals surface area (Å²) in [4.78, 5) is 14.7. The van der Waals surface area contributed by atoms with Gasteiger partial charge in [0.1, 0.15) is 0 Å². The van der Waals surface area contributed by atoms with E-state index < -0.39 is 5.92 Å². The van der Waals surface area contributed by atoms with Crippen molar-refractivity contribution in [1.82, 2.24) is 4.90 Å². The molecule has 0 radical (unpaired) electrons. The van der Waals surface area contributed by atoms with E-state index >= 15 is 0 Å². The molecule has 2 fully saturated rings. The minimum atomic E-state index is -0.450. The maximum Gasteiger partial charge on any atom is 0.233 e. The molecular formula is C14H25N3O2. The largest absolute Gasteiger partial charge is 0.409 e. The molecule has 1 aliphatic heterocycles. The average Bonchev–Trinajstić information content (AvgIpc) is 2.91. The van der Waals surface area contributed by atoms with Gasteiger partial charge in [-0.15, -0.1) is 0 Å². The number of amidine groups is 1. The van der Waals surface area contributed by atoms with Crippen LogP contribution in [0.3, 0.4) is 0 Å². The molecule has 0 aromatic heterocycles. The molecule has 19 heavy (non-hydrogen) atoms. The number of carbonyl (C=O) groups is 1. The molecule has 1 saturated heterocycles. The van der Waals surface area contributed by atoms with Crippen molar-refractivity contribution in [3.8, 4) is 0 Å². The van der Waals surface area contributed by atoms with Crippen LogP contribution in [0, 0.1) is 11.8 Å². The highest BCUT2D eigenvalue weighted by Gasteiger charge is 2.39. The van der Waals surface area contributed by atoms with E-state index in [4.69, 9.17) is 10.9 Å². The predicted molar refractivity (Wildman–Crippen MR) is 73.9 cm³/mol. The van der Waals surface area contributed by atoms with E-state index in [1.807, 2.05) is 11.8 Å². The van der Waals surface area contributed by atoms with Gasteiger partial charge < -0.3 is 15.8 Å². The SMILES string of the molecule is CCCC(C(=O)N1CCCC2CCCC21)C(N)=NO. The summed E-state index contributed by atoms with van der Waals surface area (Å²) in [5.41, 5.74) is 5.70. The van der Waals surface area contributed by atoms with Gasteiger partial charge in [-0.1, -0.05) is 24.9 Å². The minimum absolute atomic E-state index is 0.0620. The first kappa shape index (κ1) is 14.2. The maximum atomic E-state index is 12.7. The van der Waals surface area contributed by atoms with Gasteiger partial charge in [-0.05, 0) is 38.0 Å². The Morgan fingerprint density at radius 1 is 1.42 bits per heavy atom. The highest BCUT2D eigenvalue weighted by molar-refractivity contribution is 6.02. The number of carbonyl (C=O) groups excluding carboxylic acids is 1. The third kappa shape index (κ3) is 2.85. The fourth-order valence-electron chi connectivity index (χ4n) is 3.68. The molecule has 0 spiro atoms. The van der Waals surface area contributed by atoms with Crippen molar-refractivity contribution in [2.75, 3.05) is 6.54 Å². The van der Waals surface area contributed by atoms with Crippen molar-refractivity contribution in [3.05, 3.63) is 0 Å². The standard InChI is InChI=1S/C14H25N3O2/c1-2-5-11(13(15)16-19)14(18)17-9-4-7-10-6-3-8-12(10)17/h10-12,19H,2-9H2,1H3,(H2,15,16). The lowest BCUT2D eigenvalue weighted by Gasteiger charge is -2.39. The molecule has 108 valence electrons. The number of oxime groups is 1. The third-order valence-corrected chi connectivity index (χ3v) is 4.62. The van der Waals surface area contributed by atoms with Gasteiger partial charge in [0.2, 0.25) is 5.91 Å². The first-order valence-electron chi connectivity index (χ1n) is 7.47. The van der Waals surface area contributed by atoms with Crippen LogP contribution in [0.15, 0.2) is 5.16 Å². The van der Waals surface area contributed by atoms with E-state index in [9.17, 15) is 4.79 Å². The molecule has 0 bridgehead atoms. The number of nitrogens with two attached hydrogens (primary N) is 1. The number of hydrogen-bond donors (Lipinski definition) is 2. The zero-order chi connectivity index (χ0) is 13.8. The predicted octanol–water partition coefficient (Wildman–Crippen LogP) is 1.94. The normalized spacial score (nSPS) is 29.1. The van der Waals surface area contributed by atoms with Crippen molar-refractivity contribution in [2.24, 2.45) is 22.7 Å². The molecule has 0 aromatic carbocycles. The van der Waals surface area contributed by atoms with Crippen LogP contribution in [0.5, 0.6) is 0 Å². The van der Waals surface area contributed by atoms with Crippen molar-refractivity contribution >= 4 is 11.7 Å². The van der Waals surface area contributed by atoms with Crippen LogP contribution in [-0.4, -0.2) is 34.4 Å². The lowest BCUT2D eigenvalue weighted by molar-refractivity contribution is -0.138. The quantitative estimate of drug-likeness (QED) is 0.353. The van der Waals surface area contributed by atoms with Gasteiger partial charge in [-0.25, -0.2) is 0 Å². The van der Waals surface area contributed by atoms with E-state index in [1.54, 1.807) is 0 Å². The molecule has 3 atom stereocenters. The van der Waals surface area contributed by atoms with Crippen LogP contribution in [0.25, 0.3) is 0 Å². The van der Waals surface area contributed by atoms with Gasteiger partial charge in [-0.2, -0.15) is 0 Å². The Balaban J connectivity index is 2.11. The fourth-order valence-corrected chi connectivity index (χ4v) is 3.68. The molecule has 3 N–H and O–H groups in total. The maximum absolute atomic E-state index is 12.7. The molecule has 2 aliphatic rings. The average molecular weight is 267 g/mol. The van der Waals surface area contributed by atoms with Crippen LogP contribution in [0.2, 0.25) is 0 Å². The number of likely N-dealkylation sites (tertiary alicyclic amines) is 1. The number of rotatable bonds is 4. The topological polar surface area (TPSA) is 78.9 Å². The van der Waals surface area contributed by atoms with E-state index in [1.165, 1.54) is 19.3 Å². The molecule has 1 amide bonds. The van der Waals surface area contributed by atoms with Crippen LogP contribution >= 0.6 is 0 Å². The summed E-state index contributed by atoms with van der Waals surface area (Å²) in [6.07, 6.45) is 7.43. The molecule has 0 aromatic rings. The first-order chi connectivity index (χ1) is 9.19. The van der Waals surface area contributed by atoms with Crippen molar-refractivity contribution in [3.63, 3.8) is 0 Å². The molecule has 5 nitrogen and oxygen atoms in total. The van der Waals surface area contributed by atoms with E-state index in [0.717, 1.165) is 25.8 Å². The smallest absolute Gasteiger partial charge is 0.233 e. The summed E-state index contributed by atoms with van der Waals surface area (Å²) >= 11 is 0. The van der Waals surface area contributed by atoms with Crippen LogP contribution in [-0.2, 0) is 4.79 Å². The Morgan fingerprint density at radius 3 is 2.84 bits per heavy atom. The number of fused-ring (bicyclic) bond motifs is 1. The van der Waals surface area contributed by atoms with Gasteiger partial charge in [-0.3, -0.25) is 4.79 Å². The monoisotopic (exact) mass is 267 g/mol. The molecule has 1 heterocycles. The molecule has 3 unspecified atom stereocenters. The number of piperidine rings is 1. The zero-order valence-electron chi connectivity index (χ0n) is 11.7. The fraction of sp³-hybridized carbons (Fsp3) is 0.857. The molecule has 1 aliphatic carbocycles. The van der Waals surface area contributed by atoms with Crippen molar-refractivity contribution < 1.29 is 10.0 Å². The van der Waals surface area contributed by atoms with Gasteiger partial charge in [0.15, 0.2) is 5.84 Å². The second-order valence-corrected chi connectivity index (χ2v) is 5.80. The summed E-state index contributed by atoms with van der Waals surface area (Å²) in [6, 6.07) is 0.395. The number of nitrogens with zero attached hydrogens (tertiary/aromatic N) is 2. The Hall–Kier alpha value is -1.26. The van der Waals surface area contributed by atoms with Gasteiger partial charge in [0.25, 0.3) is 0 Å². The van der Waals surface area contributed by atoms with Crippen LogP contribution in [0.1, 0.15) is 51.9 Å². The van der Waals surface area contributed by atoms with Crippen LogP contribution < -0.4 is 5.73 Å². The van der Waals surface area contributed by atoms with Crippen molar-refractivity contribution in [1.29, 1.82) is 0 Å². The Morgan fingerprint density at radius 2 is 2.16 bits per heavy atom. The Kier molecular flexibility index (Phi) is 4.66. The van der Waals surface area contributed by atoms with Gasteiger partial charge in [0, 0.05) is 12.6 Å². The Bertz CT molecular complexity index is 357. The lowest BCUT2D eigenvalue weighted by atomic mass is 9.90. The van der Waals surface area contributed by atoms with E-state index in [-0.39, 0.29) is 11.7 Å².